The fourth-order valence-corrected chi connectivity index (χ4v) is 2.94. The van der Waals surface area contributed by atoms with Crippen molar-refractivity contribution in [2.45, 2.75) is 39.2 Å². The van der Waals surface area contributed by atoms with E-state index < -0.39 is 0 Å². The van der Waals surface area contributed by atoms with Crippen LogP contribution in [-0.4, -0.2) is 38.1 Å². The highest BCUT2D eigenvalue weighted by molar-refractivity contribution is 5.85. The molecular formula is C19H30ClN3O3. The second kappa shape index (κ2) is 12.5. The minimum Gasteiger partial charge on any atom is -0.484 e. The highest BCUT2D eigenvalue weighted by Crippen LogP contribution is 2.17. The Kier molecular flexibility index (Phi) is 10.7. The molecule has 0 saturated carbocycles. The van der Waals surface area contributed by atoms with E-state index in [2.05, 4.69) is 16.0 Å². The first kappa shape index (κ1) is 22.3. The van der Waals surface area contributed by atoms with Crippen LogP contribution in [0.5, 0.6) is 5.75 Å². The Morgan fingerprint density at radius 1 is 1.19 bits per heavy atom. The molecule has 6 nitrogen and oxygen atoms in total. The van der Waals surface area contributed by atoms with Crippen LogP contribution < -0.4 is 20.7 Å². The van der Waals surface area contributed by atoms with Crippen molar-refractivity contribution in [2.75, 3.05) is 26.2 Å². The summed E-state index contributed by atoms with van der Waals surface area (Å²) in [6.07, 6.45) is 3.87. The van der Waals surface area contributed by atoms with Crippen molar-refractivity contribution in [1.82, 2.24) is 16.0 Å². The number of hydrogen-bond acceptors (Lipinski definition) is 4. The maximum atomic E-state index is 12.0. The van der Waals surface area contributed by atoms with Gasteiger partial charge in [0.2, 0.25) is 5.91 Å². The van der Waals surface area contributed by atoms with Crippen LogP contribution in [0.4, 0.5) is 0 Å². The van der Waals surface area contributed by atoms with E-state index in [1.165, 1.54) is 0 Å². The van der Waals surface area contributed by atoms with Crippen molar-refractivity contribution >= 4 is 24.2 Å². The second-order valence-corrected chi connectivity index (χ2v) is 6.40. The molecule has 7 heteroatoms. The number of carbonyl (C=O) groups is 2. The predicted octanol–water partition coefficient (Wildman–Crippen LogP) is 2.02. The van der Waals surface area contributed by atoms with Crippen molar-refractivity contribution in [1.29, 1.82) is 0 Å². The van der Waals surface area contributed by atoms with Crippen LogP contribution in [0.3, 0.4) is 0 Å². The Morgan fingerprint density at radius 2 is 1.96 bits per heavy atom. The van der Waals surface area contributed by atoms with Gasteiger partial charge in [0, 0.05) is 19.5 Å². The number of halogens is 1. The van der Waals surface area contributed by atoms with E-state index in [9.17, 15) is 9.59 Å². The summed E-state index contributed by atoms with van der Waals surface area (Å²) in [5, 5.41) is 8.99. The fourth-order valence-electron chi connectivity index (χ4n) is 2.94. The van der Waals surface area contributed by atoms with Crippen molar-refractivity contribution in [3.63, 3.8) is 0 Å². The Morgan fingerprint density at radius 3 is 2.69 bits per heavy atom. The molecule has 0 bridgehead atoms. The number of carbonyl (C=O) groups excluding carboxylic acids is 2. The Labute approximate surface area is 161 Å². The predicted molar refractivity (Wildman–Crippen MR) is 105 cm³/mol. The molecule has 146 valence electrons. The molecule has 1 aromatic rings. The monoisotopic (exact) mass is 383 g/mol. The average molecular weight is 384 g/mol. The summed E-state index contributed by atoms with van der Waals surface area (Å²) < 4.78 is 5.46. The first-order valence-electron chi connectivity index (χ1n) is 9.13. The molecule has 0 unspecified atom stereocenters. The summed E-state index contributed by atoms with van der Waals surface area (Å²) in [6, 6.07) is 7.46. The fraction of sp³-hybridized carbons (Fsp3) is 0.579. The lowest BCUT2D eigenvalue weighted by Gasteiger charge is -2.22. The SMILES string of the molecule is CCNC(=O)COc1cccc(CNC(=O)CCC2CCNCC2)c1.Cl. The molecule has 1 aliphatic heterocycles. The number of benzene rings is 1. The van der Waals surface area contributed by atoms with Gasteiger partial charge in [0.15, 0.2) is 6.61 Å². The van der Waals surface area contributed by atoms with Crippen LogP contribution in [-0.2, 0) is 16.1 Å². The number of piperidine rings is 1. The van der Waals surface area contributed by atoms with Crippen LogP contribution in [0.2, 0.25) is 0 Å². The molecule has 2 rings (SSSR count). The summed E-state index contributed by atoms with van der Waals surface area (Å²) in [5.74, 6) is 1.25. The highest BCUT2D eigenvalue weighted by atomic mass is 35.5. The molecule has 26 heavy (non-hydrogen) atoms. The molecule has 1 aromatic carbocycles. The normalized spacial score (nSPS) is 14.2. The Bertz CT molecular complexity index is 563. The lowest BCUT2D eigenvalue weighted by molar-refractivity contribution is -0.123. The number of hydrogen-bond donors (Lipinski definition) is 3. The number of nitrogens with one attached hydrogen (secondary N) is 3. The number of amides is 2. The third kappa shape index (κ3) is 8.54. The molecule has 1 aliphatic rings. The number of ether oxygens (including phenoxy) is 1. The van der Waals surface area contributed by atoms with Crippen LogP contribution in [0.15, 0.2) is 24.3 Å². The lowest BCUT2D eigenvalue weighted by atomic mass is 9.93. The van der Waals surface area contributed by atoms with E-state index in [0.29, 0.717) is 31.2 Å². The van der Waals surface area contributed by atoms with Crippen molar-refractivity contribution in [3.8, 4) is 5.75 Å². The first-order chi connectivity index (χ1) is 12.2. The van der Waals surface area contributed by atoms with Crippen LogP contribution in [0.1, 0.15) is 38.2 Å². The third-order valence-electron chi connectivity index (χ3n) is 4.37. The highest BCUT2D eigenvalue weighted by Gasteiger charge is 2.14. The van der Waals surface area contributed by atoms with E-state index in [1.807, 2.05) is 31.2 Å². The van der Waals surface area contributed by atoms with Gasteiger partial charge in [-0.1, -0.05) is 12.1 Å². The summed E-state index contributed by atoms with van der Waals surface area (Å²) >= 11 is 0. The lowest BCUT2D eigenvalue weighted by Crippen LogP contribution is -2.29. The van der Waals surface area contributed by atoms with Gasteiger partial charge in [0.05, 0.1) is 0 Å². The molecule has 2 amide bonds. The smallest absolute Gasteiger partial charge is 0.257 e. The minimum absolute atomic E-state index is 0. The average Bonchev–Trinajstić information content (AvgIpc) is 2.64. The van der Waals surface area contributed by atoms with Crippen LogP contribution in [0.25, 0.3) is 0 Å². The van der Waals surface area contributed by atoms with Gasteiger partial charge in [0.25, 0.3) is 5.91 Å². The van der Waals surface area contributed by atoms with Gasteiger partial charge >= 0.3 is 0 Å². The van der Waals surface area contributed by atoms with E-state index in [-0.39, 0.29) is 30.8 Å². The molecule has 0 aliphatic carbocycles. The van der Waals surface area contributed by atoms with Gasteiger partial charge in [-0.05, 0) is 62.9 Å². The zero-order chi connectivity index (χ0) is 17.9. The van der Waals surface area contributed by atoms with E-state index in [1.54, 1.807) is 0 Å². The molecule has 0 spiro atoms. The molecule has 3 N–H and O–H groups in total. The maximum Gasteiger partial charge on any atom is 0.257 e. The quantitative estimate of drug-likeness (QED) is 0.609. The molecule has 0 aromatic heterocycles. The summed E-state index contributed by atoms with van der Waals surface area (Å²) in [7, 11) is 0. The summed E-state index contributed by atoms with van der Waals surface area (Å²) in [4.78, 5) is 23.4. The molecular weight excluding hydrogens is 354 g/mol. The largest absolute Gasteiger partial charge is 0.484 e. The van der Waals surface area contributed by atoms with Crippen molar-refractivity contribution in [2.24, 2.45) is 5.92 Å². The zero-order valence-corrected chi connectivity index (χ0v) is 16.2. The van der Waals surface area contributed by atoms with Gasteiger partial charge in [-0.2, -0.15) is 0 Å². The van der Waals surface area contributed by atoms with Gasteiger partial charge in [-0.15, -0.1) is 12.4 Å². The Hall–Kier alpha value is -1.79. The van der Waals surface area contributed by atoms with Crippen LogP contribution >= 0.6 is 12.4 Å². The van der Waals surface area contributed by atoms with E-state index in [0.717, 1.165) is 37.9 Å². The summed E-state index contributed by atoms with van der Waals surface area (Å²) in [5.41, 5.74) is 0.962. The number of rotatable bonds is 9. The van der Waals surface area contributed by atoms with Crippen LogP contribution in [0, 0.1) is 5.92 Å². The zero-order valence-electron chi connectivity index (χ0n) is 15.4. The topological polar surface area (TPSA) is 79.5 Å². The van der Waals surface area contributed by atoms with Crippen molar-refractivity contribution in [3.05, 3.63) is 29.8 Å². The minimum atomic E-state index is -0.140. The standard InChI is InChI=1S/C19H29N3O3.ClH/c1-2-21-19(24)14-25-17-5-3-4-16(12-17)13-22-18(23)7-6-15-8-10-20-11-9-15;/h3-5,12,15,20H,2,6-11,13-14H2,1H3,(H,21,24)(H,22,23);1H. The van der Waals surface area contributed by atoms with Gasteiger partial charge in [0.1, 0.15) is 5.75 Å². The van der Waals surface area contributed by atoms with Crippen molar-refractivity contribution < 1.29 is 14.3 Å². The van der Waals surface area contributed by atoms with Gasteiger partial charge in [-0.25, -0.2) is 0 Å². The second-order valence-electron chi connectivity index (χ2n) is 6.40. The molecule has 1 heterocycles. The summed E-state index contributed by atoms with van der Waals surface area (Å²) in [6.45, 7) is 5.06. The molecule has 1 saturated heterocycles. The third-order valence-corrected chi connectivity index (χ3v) is 4.37. The van der Waals surface area contributed by atoms with E-state index >= 15 is 0 Å². The molecule has 0 atom stereocenters. The molecule has 1 fully saturated rings. The Balaban J connectivity index is 0.00000338. The molecule has 0 radical (unpaired) electrons. The maximum absolute atomic E-state index is 12.0. The van der Waals surface area contributed by atoms with E-state index in [4.69, 9.17) is 4.74 Å². The first-order valence-corrected chi connectivity index (χ1v) is 9.13. The van der Waals surface area contributed by atoms with Gasteiger partial charge < -0.3 is 20.7 Å². The van der Waals surface area contributed by atoms with Gasteiger partial charge in [-0.3, -0.25) is 9.59 Å². The number of likely N-dealkylation sites (N-methyl/N-ethyl adjacent to an activating group) is 1.